The Morgan fingerprint density at radius 3 is 2.57 bits per heavy atom. The summed E-state index contributed by atoms with van der Waals surface area (Å²) in [6, 6.07) is 10.5. The van der Waals surface area contributed by atoms with Crippen molar-refractivity contribution in [3.8, 4) is 0 Å². The monoisotopic (exact) mass is 462 g/mol. The molecule has 1 amide bonds. The molecule has 1 aliphatic heterocycles. The van der Waals surface area contributed by atoms with E-state index < -0.39 is 10.0 Å². The number of carbonyl (C=O) groups excluding carboxylic acids is 1. The molecule has 1 aromatic carbocycles. The van der Waals surface area contributed by atoms with Gasteiger partial charge in [-0.3, -0.25) is 4.79 Å². The number of rotatable bonds is 3. The smallest absolute Gasteiger partial charge is 0.274 e. The highest BCUT2D eigenvalue weighted by Gasteiger charge is 2.31. The lowest BCUT2D eigenvalue weighted by molar-refractivity contribution is 0.0692. The summed E-state index contributed by atoms with van der Waals surface area (Å²) in [5.74, 6) is -0.180. The van der Waals surface area contributed by atoms with Crippen LogP contribution < -0.4 is 0 Å². The molecule has 7 nitrogen and oxygen atoms in total. The Morgan fingerprint density at radius 1 is 1.11 bits per heavy atom. The second-order valence-electron chi connectivity index (χ2n) is 6.75. The Hall–Kier alpha value is -2.23. The Kier molecular flexibility index (Phi) is 4.98. The molecule has 28 heavy (non-hydrogen) atoms. The van der Waals surface area contributed by atoms with E-state index in [1.807, 2.05) is 29.7 Å². The third-order valence-corrected chi connectivity index (χ3v) is 7.18. The standard InChI is InChI=1S/C19H19BrN4O3S/c1-14-5-6-23-13-17(21-18(23)11-14)19(25)22-7-9-24(10-8-22)28(26,27)16-4-2-3-15(20)12-16/h2-6,11-13H,7-10H2,1H3. The predicted octanol–water partition coefficient (Wildman–Crippen LogP) is 2.55. The highest BCUT2D eigenvalue weighted by atomic mass is 79.9. The van der Waals surface area contributed by atoms with Crippen molar-refractivity contribution in [1.82, 2.24) is 18.6 Å². The molecule has 0 spiro atoms. The van der Waals surface area contributed by atoms with E-state index >= 15 is 0 Å². The van der Waals surface area contributed by atoms with E-state index in [-0.39, 0.29) is 23.9 Å². The van der Waals surface area contributed by atoms with Crippen molar-refractivity contribution in [2.24, 2.45) is 0 Å². The third-order valence-electron chi connectivity index (χ3n) is 4.79. The van der Waals surface area contributed by atoms with Crippen molar-refractivity contribution in [2.45, 2.75) is 11.8 Å². The highest BCUT2D eigenvalue weighted by Crippen LogP contribution is 2.21. The SMILES string of the molecule is Cc1ccn2cc(C(=O)N3CCN(S(=O)(=O)c4cccc(Br)c4)CC3)nc2c1. The maximum Gasteiger partial charge on any atom is 0.274 e. The van der Waals surface area contributed by atoms with Gasteiger partial charge in [-0.05, 0) is 42.8 Å². The van der Waals surface area contributed by atoms with Crippen LogP contribution in [-0.4, -0.2) is 59.1 Å². The largest absolute Gasteiger partial charge is 0.335 e. The zero-order chi connectivity index (χ0) is 19.9. The van der Waals surface area contributed by atoms with E-state index in [2.05, 4.69) is 20.9 Å². The summed E-state index contributed by atoms with van der Waals surface area (Å²) in [4.78, 5) is 19.1. The molecular formula is C19H19BrN4O3S. The van der Waals surface area contributed by atoms with Crippen LogP contribution in [0, 0.1) is 6.92 Å². The van der Waals surface area contributed by atoms with E-state index in [0.717, 1.165) is 11.2 Å². The van der Waals surface area contributed by atoms with Gasteiger partial charge < -0.3 is 9.30 Å². The molecule has 1 fully saturated rings. The van der Waals surface area contributed by atoms with Crippen molar-refractivity contribution in [3.05, 3.63) is 64.5 Å². The number of aromatic nitrogens is 2. The molecular weight excluding hydrogens is 444 g/mol. The average molecular weight is 463 g/mol. The molecule has 0 unspecified atom stereocenters. The Labute approximate surface area is 171 Å². The van der Waals surface area contributed by atoms with Gasteiger partial charge in [0.25, 0.3) is 5.91 Å². The first-order valence-electron chi connectivity index (χ1n) is 8.85. The Bertz CT molecular complexity index is 1150. The van der Waals surface area contributed by atoms with Crippen LogP contribution in [0.1, 0.15) is 16.1 Å². The molecule has 0 radical (unpaired) electrons. The molecule has 9 heteroatoms. The predicted molar refractivity (Wildman–Crippen MR) is 109 cm³/mol. The zero-order valence-electron chi connectivity index (χ0n) is 15.2. The summed E-state index contributed by atoms with van der Waals surface area (Å²) in [7, 11) is -3.58. The number of carbonyl (C=O) groups is 1. The minimum atomic E-state index is -3.58. The van der Waals surface area contributed by atoms with Crippen LogP contribution in [0.2, 0.25) is 0 Å². The average Bonchev–Trinajstić information content (AvgIpc) is 3.10. The second-order valence-corrected chi connectivity index (χ2v) is 9.60. The Morgan fingerprint density at radius 2 is 1.86 bits per heavy atom. The topological polar surface area (TPSA) is 75.0 Å². The quantitative estimate of drug-likeness (QED) is 0.599. The lowest BCUT2D eigenvalue weighted by Crippen LogP contribution is -2.50. The first-order chi connectivity index (χ1) is 13.3. The number of fused-ring (bicyclic) bond motifs is 1. The van der Waals surface area contributed by atoms with Crippen LogP contribution in [0.5, 0.6) is 0 Å². The van der Waals surface area contributed by atoms with Gasteiger partial charge in [0, 0.05) is 43.0 Å². The van der Waals surface area contributed by atoms with Crippen LogP contribution in [-0.2, 0) is 10.0 Å². The van der Waals surface area contributed by atoms with Crippen LogP contribution in [0.4, 0.5) is 0 Å². The molecule has 146 valence electrons. The van der Waals surface area contributed by atoms with Crippen LogP contribution in [0.15, 0.2) is 58.2 Å². The number of amides is 1. The minimum Gasteiger partial charge on any atom is -0.335 e. The molecule has 0 atom stereocenters. The first kappa shape index (κ1) is 19.1. The summed E-state index contributed by atoms with van der Waals surface area (Å²) in [5, 5.41) is 0. The molecule has 4 rings (SSSR count). The van der Waals surface area contributed by atoms with E-state index in [0.29, 0.717) is 23.3 Å². The van der Waals surface area contributed by atoms with Crippen molar-refractivity contribution < 1.29 is 13.2 Å². The minimum absolute atomic E-state index is 0.180. The number of pyridine rings is 1. The summed E-state index contributed by atoms with van der Waals surface area (Å²) in [6.07, 6.45) is 3.58. The van der Waals surface area contributed by atoms with E-state index in [4.69, 9.17) is 0 Å². The second kappa shape index (κ2) is 7.31. The maximum atomic E-state index is 12.8. The van der Waals surface area contributed by atoms with Gasteiger partial charge in [-0.2, -0.15) is 4.31 Å². The maximum absolute atomic E-state index is 12.8. The number of piperazine rings is 1. The summed E-state index contributed by atoms with van der Waals surface area (Å²) in [5.41, 5.74) is 2.16. The van der Waals surface area contributed by atoms with Gasteiger partial charge in [-0.1, -0.05) is 22.0 Å². The normalized spacial score (nSPS) is 15.9. The lowest BCUT2D eigenvalue weighted by Gasteiger charge is -2.33. The van der Waals surface area contributed by atoms with Gasteiger partial charge >= 0.3 is 0 Å². The number of imidazole rings is 1. The van der Waals surface area contributed by atoms with Crippen molar-refractivity contribution in [3.63, 3.8) is 0 Å². The van der Waals surface area contributed by atoms with E-state index in [1.54, 1.807) is 35.4 Å². The molecule has 0 saturated carbocycles. The molecule has 0 bridgehead atoms. The van der Waals surface area contributed by atoms with Gasteiger partial charge in [-0.15, -0.1) is 0 Å². The summed E-state index contributed by atoms with van der Waals surface area (Å²) >= 11 is 3.31. The highest BCUT2D eigenvalue weighted by molar-refractivity contribution is 9.10. The van der Waals surface area contributed by atoms with Crippen LogP contribution in [0.25, 0.3) is 5.65 Å². The van der Waals surface area contributed by atoms with Gasteiger partial charge in [-0.25, -0.2) is 13.4 Å². The van der Waals surface area contributed by atoms with Gasteiger partial charge in [0.05, 0.1) is 4.90 Å². The molecule has 0 aliphatic carbocycles. The van der Waals surface area contributed by atoms with E-state index in [9.17, 15) is 13.2 Å². The van der Waals surface area contributed by atoms with E-state index in [1.165, 1.54) is 4.31 Å². The number of hydrogen-bond acceptors (Lipinski definition) is 4. The number of benzene rings is 1. The van der Waals surface area contributed by atoms with Gasteiger partial charge in [0.15, 0.2) is 0 Å². The molecule has 1 saturated heterocycles. The molecule has 1 aliphatic rings. The molecule has 0 N–H and O–H groups in total. The molecule has 2 aromatic heterocycles. The number of nitrogens with zero attached hydrogens (tertiary/aromatic N) is 4. The first-order valence-corrected chi connectivity index (χ1v) is 11.1. The lowest BCUT2D eigenvalue weighted by atomic mass is 10.3. The summed E-state index contributed by atoms with van der Waals surface area (Å²) < 4.78 is 29.6. The van der Waals surface area contributed by atoms with Crippen molar-refractivity contribution in [2.75, 3.05) is 26.2 Å². The number of sulfonamides is 1. The fraction of sp³-hybridized carbons (Fsp3) is 0.263. The number of halogens is 1. The van der Waals surface area contributed by atoms with Crippen molar-refractivity contribution in [1.29, 1.82) is 0 Å². The third kappa shape index (κ3) is 3.57. The van der Waals surface area contributed by atoms with Gasteiger partial charge in [0.1, 0.15) is 11.3 Å². The fourth-order valence-corrected chi connectivity index (χ4v) is 5.28. The number of aryl methyl sites for hydroxylation is 1. The van der Waals surface area contributed by atoms with Crippen LogP contribution in [0.3, 0.4) is 0 Å². The molecule has 3 heterocycles. The Balaban J connectivity index is 1.48. The van der Waals surface area contributed by atoms with Gasteiger partial charge in [0.2, 0.25) is 10.0 Å². The number of hydrogen-bond donors (Lipinski definition) is 0. The molecule has 3 aromatic rings. The zero-order valence-corrected chi connectivity index (χ0v) is 17.6. The summed E-state index contributed by atoms with van der Waals surface area (Å²) in [6.45, 7) is 3.15. The fourth-order valence-electron chi connectivity index (χ4n) is 3.26. The van der Waals surface area contributed by atoms with Crippen molar-refractivity contribution >= 4 is 37.5 Å². The van der Waals surface area contributed by atoms with Crippen LogP contribution >= 0.6 is 15.9 Å².